The summed E-state index contributed by atoms with van der Waals surface area (Å²) in [5.41, 5.74) is 6.42. The fourth-order valence-electron chi connectivity index (χ4n) is 2.76. The molecule has 0 spiro atoms. The second-order valence-corrected chi connectivity index (χ2v) is 5.45. The van der Waals surface area contributed by atoms with Gasteiger partial charge in [0.25, 0.3) is 0 Å². The molecule has 1 atom stereocenters. The van der Waals surface area contributed by atoms with Crippen LogP contribution in [0.1, 0.15) is 23.7 Å². The Morgan fingerprint density at radius 1 is 1.48 bits per heavy atom. The Kier molecular flexibility index (Phi) is 3.73. The molecule has 0 bridgehead atoms. The van der Waals surface area contributed by atoms with Gasteiger partial charge in [0.15, 0.2) is 0 Å². The molecule has 2 heterocycles. The van der Waals surface area contributed by atoms with Gasteiger partial charge in [-0.15, -0.1) is 0 Å². The first-order valence-corrected chi connectivity index (χ1v) is 7.32. The minimum atomic E-state index is -1.03. The largest absolute Gasteiger partial charge is 0.478 e. The third kappa shape index (κ3) is 2.87. The standard InChI is InChI=1S/C15H17N5O3/c1-2-20-7-9(6-12(20)21)17-13-10-5-8(14(22)23)3-4-11(10)18-15(16)19-13/h3-5,9H,2,6-7H2,1H3,(H,22,23)(H3,16,17,18,19)/t9-/m1/s1. The monoisotopic (exact) mass is 315 g/mol. The zero-order valence-electron chi connectivity index (χ0n) is 12.6. The van der Waals surface area contributed by atoms with E-state index in [4.69, 9.17) is 10.8 Å². The van der Waals surface area contributed by atoms with E-state index in [2.05, 4.69) is 15.3 Å². The Balaban J connectivity index is 1.97. The van der Waals surface area contributed by atoms with Gasteiger partial charge in [0.2, 0.25) is 11.9 Å². The van der Waals surface area contributed by atoms with Gasteiger partial charge >= 0.3 is 5.97 Å². The van der Waals surface area contributed by atoms with Gasteiger partial charge in [-0.3, -0.25) is 4.79 Å². The fraction of sp³-hybridized carbons (Fsp3) is 0.333. The molecule has 1 fully saturated rings. The maximum Gasteiger partial charge on any atom is 0.335 e. The van der Waals surface area contributed by atoms with E-state index in [0.29, 0.717) is 36.2 Å². The van der Waals surface area contributed by atoms with Crippen LogP contribution < -0.4 is 11.1 Å². The number of nitrogens with zero attached hydrogens (tertiary/aromatic N) is 3. The van der Waals surface area contributed by atoms with Gasteiger partial charge in [0.1, 0.15) is 5.82 Å². The van der Waals surface area contributed by atoms with Crippen LogP contribution in [0.25, 0.3) is 10.9 Å². The molecule has 1 saturated heterocycles. The van der Waals surface area contributed by atoms with Crippen LogP contribution in [0.15, 0.2) is 18.2 Å². The van der Waals surface area contributed by atoms with Crippen molar-refractivity contribution in [2.45, 2.75) is 19.4 Å². The Morgan fingerprint density at radius 3 is 2.91 bits per heavy atom. The van der Waals surface area contributed by atoms with Crippen LogP contribution >= 0.6 is 0 Å². The summed E-state index contributed by atoms with van der Waals surface area (Å²) in [7, 11) is 0. The van der Waals surface area contributed by atoms with Crippen molar-refractivity contribution in [2.24, 2.45) is 0 Å². The molecular weight excluding hydrogens is 298 g/mol. The predicted molar refractivity (Wildman–Crippen MR) is 85.2 cm³/mol. The first kappa shape index (κ1) is 15.0. The molecule has 120 valence electrons. The van der Waals surface area contributed by atoms with E-state index < -0.39 is 5.97 Å². The number of likely N-dealkylation sites (N-methyl/N-ethyl adjacent to an activating group) is 1. The zero-order valence-corrected chi connectivity index (χ0v) is 12.6. The summed E-state index contributed by atoms with van der Waals surface area (Å²) in [6.45, 7) is 3.17. The van der Waals surface area contributed by atoms with Crippen molar-refractivity contribution in [3.63, 3.8) is 0 Å². The minimum absolute atomic E-state index is 0.0857. The third-order valence-corrected chi connectivity index (χ3v) is 3.90. The Labute approximate surface area is 132 Å². The number of aromatic nitrogens is 2. The number of hydrogen-bond acceptors (Lipinski definition) is 6. The van der Waals surface area contributed by atoms with Crippen molar-refractivity contribution in [3.8, 4) is 0 Å². The fourth-order valence-corrected chi connectivity index (χ4v) is 2.76. The van der Waals surface area contributed by atoms with E-state index in [0.717, 1.165) is 0 Å². The van der Waals surface area contributed by atoms with Crippen molar-refractivity contribution in [1.29, 1.82) is 0 Å². The van der Waals surface area contributed by atoms with Crippen LogP contribution in [0.5, 0.6) is 0 Å². The van der Waals surface area contributed by atoms with Crippen LogP contribution in [-0.4, -0.2) is 51.0 Å². The van der Waals surface area contributed by atoms with E-state index in [1.807, 2.05) is 6.92 Å². The molecular formula is C15H17N5O3. The number of nitrogen functional groups attached to an aromatic ring is 1. The topological polar surface area (TPSA) is 121 Å². The highest BCUT2D eigenvalue weighted by atomic mass is 16.4. The number of nitrogens with two attached hydrogens (primary N) is 1. The molecule has 0 unspecified atom stereocenters. The van der Waals surface area contributed by atoms with Crippen molar-refractivity contribution in [3.05, 3.63) is 23.8 Å². The predicted octanol–water partition coefficient (Wildman–Crippen LogP) is 0.943. The highest BCUT2D eigenvalue weighted by Gasteiger charge is 2.29. The minimum Gasteiger partial charge on any atom is -0.478 e. The van der Waals surface area contributed by atoms with E-state index in [9.17, 15) is 9.59 Å². The number of aromatic carboxylic acids is 1. The number of carbonyl (C=O) groups is 2. The summed E-state index contributed by atoms with van der Waals surface area (Å²) >= 11 is 0. The van der Waals surface area contributed by atoms with Gasteiger partial charge in [-0.1, -0.05) is 0 Å². The molecule has 2 aromatic rings. The molecule has 0 saturated carbocycles. The average molecular weight is 315 g/mol. The molecule has 1 aliphatic rings. The number of hydrogen-bond donors (Lipinski definition) is 3. The van der Waals surface area contributed by atoms with Crippen molar-refractivity contribution >= 4 is 34.5 Å². The second kappa shape index (κ2) is 5.71. The quantitative estimate of drug-likeness (QED) is 0.767. The molecule has 1 aliphatic heterocycles. The van der Waals surface area contributed by atoms with E-state index in [1.54, 1.807) is 11.0 Å². The molecule has 8 heteroatoms. The number of carbonyl (C=O) groups excluding carboxylic acids is 1. The maximum atomic E-state index is 11.8. The zero-order chi connectivity index (χ0) is 16.6. The maximum absolute atomic E-state index is 11.8. The molecule has 23 heavy (non-hydrogen) atoms. The Morgan fingerprint density at radius 2 is 2.26 bits per heavy atom. The highest BCUT2D eigenvalue weighted by molar-refractivity contribution is 5.97. The van der Waals surface area contributed by atoms with Crippen LogP contribution in [0.3, 0.4) is 0 Å². The van der Waals surface area contributed by atoms with Gasteiger partial charge in [-0.05, 0) is 25.1 Å². The van der Waals surface area contributed by atoms with Gasteiger partial charge in [0, 0.05) is 24.9 Å². The number of nitrogens with one attached hydrogen (secondary N) is 1. The van der Waals surface area contributed by atoms with E-state index >= 15 is 0 Å². The van der Waals surface area contributed by atoms with Crippen LogP contribution in [-0.2, 0) is 4.79 Å². The average Bonchev–Trinajstić information content (AvgIpc) is 2.86. The van der Waals surface area contributed by atoms with Crippen molar-refractivity contribution < 1.29 is 14.7 Å². The summed E-state index contributed by atoms with van der Waals surface area (Å²) in [6, 6.07) is 4.49. The number of fused-ring (bicyclic) bond motifs is 1. The number of carboxylic acids is 1. The summed E-state index contributed by atoms with van der Waals surface area (Å²) < 4.78 is 0. The SMILES string of the molecule is CCN1C[C@H](Nc2nc(N)nc3ccc(C(=O)O)cc23)CC1=O. The first-order valence-electron chi connectivity index (χ1n) is 7.32. The summed E-state index contributed by atoms with van der Waals surface area (Å²) in [4.78, 5) is 33.0. The molecule has 1 amide bonds. The van der Waals surface area contributed by atoms with Crippen LogP contribution in [0, 0.1) is 0 Å². The van der Waals surface area contributed by atoms with Crippen LogP contribution in [0.2, 0.25) is 0 Å². The molecule has 0 aliphatic carbocycles. The molecule has 8 nitrogen and oxygen atoms in total. The van der Waals surface area contributed by atoms with Crippen molar-refractivity contribution in [2.75, 3.05) is 24.1 Å². The number of anilines is 2. The first-order chi connectivity index (χ1) is 11.0. The smallest absolute Gasteiger partial charge is 0.335 e. The highest BCUT2D eigenvalue weighted by Crippen LogP contribution is 2.25. The third-order valence-electron chi connectivity index (χ3n) is 3.90. The van der Waals surface area contributed by atoms with Gasteiger partial charge in [-0.25, -0.2) is 9.78 Å². The molecule has 0 radical (unpaired) electrons. The summed E-state index contributed by atoms with van der Waals surface area (Å²) in [5.74, 6) is -0.392. The number of likely N-dealkylation sites (tertiary alicyclic amines) is 1. The number of rotatable bonds is 4. The molecule has 4 N–H and O–H groups in total. The summed E-state index contributed by atoms with van der Waals surface area (Å²) in [6.07, 6.45) is 0.373. The van der Waals surface area contributed by atoms with Crippen molar-refractivity contribution in [1.82, 2.24) is 14.9 Å². The molecule has 1 aromatic heterocycles. The lowest BCUT2D eigenvalue weighted by molar-refractivity contribution is -0.127. The Bertz CT molecular complexity index is 792. The van der Waals surface area contributed by atoms with Gasteiger partial charge in [-0.2, -0.15) is 4.98 Å². The lowest BCUT2D eigenvalue weighted by atomic mass is 10.1. The normalized spacial score (nSPS) is 17.7. The second-order valence-electron chi connectivity index (χ2n) is 5.45. The summed E-state index contributed by atoms with van der Waals surface area (Å²) in [5, 5.41) is 12.9. The lowest BCUT2D eigenvalue weighted by Crippen LogP contribution is -2.28. The molecule has 3 rings (SSSR count). The number of benzene rings is 1. The van der Waals surface area contributed by atoms with Gasteiger partial charge < -0.3 is 21.1 Å². The van der Waals surface area contributed by atoms with E-state index in [1.165, 1.54) is 12.1 Å². The van der Waals surface area contributed by atoms with Crippen LogP contribution in [0.4, 0.5) is 11.8 Å². The Hall–Kier alpha value is -2.90. The number of carboxylic acid groups (broad SMARTS) is 1. The van der Waals surface area contributed by atoms with Gasteiger partial charge in [0.05, 0.1) is 17.1 Å². The molecule has 1 aromatic carbocycles. The number of amides is 1. The van der Waals surface area contributed by atoms with E-state index in [-0.39, 0.29) is 23.5 Å². The lowest BCUT2D eigenvalue weighted by Gasteiger charge is -2.16.